The van der Waals surface area contributed by atoms with Gasteiger partial charge in [0.05, 0.1) is 31.3 Å². The highest BCUT2D eigenvalue weighted by Crippen LogP contribution is 2.37. The van der Waals surface area contributed by atoms with Gasteiger partial charge in [-0.3, -0.25) is 4.79 Å². The van der Waals surface area contributed by atoms with Crippen molar-refractivity contribution in [3.8, 4) is 0 Å². The van der Waals surface area contributed by atoms with E-state index in [1.165, 1.54) is 0 Å². The number of hydrogen-bond acceptors (Lipinski definition) is 4. The van der Waals surface area contributed by atoms with Gasteiger partial charge in [0.15, 0.2) is 0 Å². The molecule has 0 unspecified atom stereocenters. The van der Waals surface area contributed by atoms with Crippen LogP contribution in [0.5, 0.6) is 0 Å². The first kappa shape index (κ1) is 12.4. The van der Waals surface area contributed by atoms with Crippen molar-refractivity contribution < 1.29 is 19.7 Å². The second-order valence-electron chi connectivity index (χ2n) is 4.05. The third kappa shape index (κ3) is 3.15. The highest BCUT2D eigenvalue weighted by molar-refractivity contribution is 5.77. The molecule has 5 heteroatoms. The molecule has 0 radical (unpaired) electrons. The predicted molar refractivity (Wildman–Crippen MR) is 54.3 cm³/mol. The minimum atomic E-state index is -0.563. The summed E-state index contributed by atoms with van der Waals surface area (Å²) in [6.45, 7) is -0.496. The number of aliphatic hydroxyl groups is 2. The molecule has 3 N–H and O–H groups in total. The number of nitrogens with one attached hydrogen (secondary N) is 1. The topological polar surface area (TPSA) is 78.8 Å². The van der Waals surface area contributed by atoms with Crippen molar-refractivity contribution in [2.45, 2.75) is 37.3 Å². The number of carbonyl (C=O) groups is 1. The van der Waals surface area contributed by atoms with Crippen molar-refractivity contribution >= 4 is 5.91 Å². The molecule has 0 aliphatic heterocycles. The Morgan fingerprint density at radius 1 is 1.47 bits per heavy atom. The molecule has 1 aliphatic carbocycles. The van der Waals surface area contributed by atoms with E-state index in [2.05, 4.69) is 5.32 Å². The van der Waals surface area contributed by atoms with Crippen LogP contribution in [0.2, 0.25) is 0 Å². The van der Waals surface area contributed by atoms with Crippen molar-refractivity contribution in [1.82, 2.24) is 5.32 Å². The van der Waals surface area contributed by atoms with Crippen LogP contribution in [0.25, 0.3) is 0 Å². The van der Waals surface area contributed by atoms with Gasteiger partial charge in [-0.1, -0.05) is 0 Å². The van der Waals surface area contributed by atoms with Gasteiger partial charge in [-0.15, -0.1) is 0 Å². The first-order valence-electron chi connectivity index (χ1n) is 5.22. The lowest BCUT2D eigenvalue weighted by molar-refractivity contribution is -0.135. The normalized spacial score (nSPS) is 18.7. The van der Waals surface area contributed by atoms with Gasteiger partial charge in [0, 0.05) is 7.11 Å². The lowest BCUT2D eigenvalue weighted by atomic mass is 9.77. The van der Waals surface area contributed by atoms with Crippen molar-refractivity contribution in [2.24, 2.45) is 0 Å². The number of hydrogen-bond donors (Lipinski definition) is 3. The summed E-state index contributed by atoms with van der Waals surface area (Å²) in [6.07, 6.45) is 3.20. The molecule has 1 saturated carbocycles. The van der Waals surface area contributed by atoms with E-state index in [1.807, 2.05) is 0 Å². The number of amides is 1. The predicted octanol–water partition coefficient (Wildman–Crippen LogP) is -0.585. The van der Waals surface area contributed by atoms with E-state index in [-0.39, 0.29) is 24.7 Å². The standard InChI is InChI=1S/C10H19NO4/c1-15-10(3-2-4-10)5-9(14)11-8(6-12)7-13/h8,12-13H,2-7H2,1H3,(H,11,14). The van der Waals surface area contributed by atoms with Crippen LogP contribution in [0.3, 0.4) is 0 Å². The van der Waals surface area contributed by atoms with E-state index < -0.39 is 6.04 Å². The molecule has 0 bridgehead atoms. The Hall–Kier alpha value is -0.650. The van der Waals surface area contributed by atoms with Crippen LogP contribution in [0.1, 0.15) is 25.7 Å². The zero-order valence-corrected chi connectivity index (χ0v) is 9.03. The van der Waals surface area contributed by atoms with E-state index >= 15 is 0 Å². The maximum atomic E-state index is 11.5. The first-order chi connectivity index (χ1) is 7.15. The van der Waals surface area contributed by atoms with Crippen molar-refractivity contribution in [3.63, 3.8) is 0 Å². The van der Waals surface area contributed by atoms with Gasteiger partial charge in [-0.05, 0) is 19.3 Å². The van der Waals surface area contributed by atoms with E-state index in [0.717, 1.165) is 19.3 Å². The van der Waals surface area contributed by atoms with Gasteiger partial charge in [-0.25, -0.2) is 0 Å². The molecule has 0 spiro atoms. The van der Waals surface area contributed by atoms with E-state index in [4.69, 9.17) is 14.9 Å². The van der Waals surface area contributed by atoms with E-state index in [9.17, 15) is 4.79 Å². The Labute approximate surface area is 89.4 Å². The number of methoxy groups -OCH3 is 1. The molecule has 1 fully saturated rings. The van der Waals surface area contributed by atoms with Crippen LogP contribution >= 0.6 is 0 Å². The molecule has 0 heterocycles. The van der Waals surface area contributed by atoms with Crippen molar-refractivity contribution in [2.75, 3.05) is 20.3 Å². The van der Waals surface area contributed by atoms with Crippen molar-refractivity contribution in [1.29, 1.82) is 0 Å². The molecular weight excluding hydrogens is 198 g/mol. The highest BCUT2D eigenvalue weighted by atomic mass is 16.5. The summed E-state index contributed by atoms with van der Waals surface area (Å²) >= 11 is 0. The molecule has 1 aliphatic rings. The third-order valence-electron chi connectivity index (χ3n) is 2.99. The fourth-order valence-electron chi connectivity index (χ4n) is 1.74. The average Bonchev–Trinajstić information content (AvgIpc) is 2.20. The second-order valence-corrected chi connectivity index (χ2v) is 4.05. The van der Waals surface area contributed by atoms with Crippen LogP contribution in [0.4, 0.5) is 0 Å². The molecule has 0 aromatic heterocycles. The molecule has 15 heavy (non-hydrogen) atoms. The fourth-order valence-corrected chi connectivity index (χ4v) is 1.74. The lowest BCUT2D eigenvalue weighted by Crippen LogP contribution is -2.47. The summed E-state index contributed by atoms with van der Waals surface area (Å²) in [5.74, 6) is -0.176. The Morgan fingerprint density at radius 3 is 2.40 bits per heavy atom. The Morgan fingerprint density at radius 2 is 2.07 bits per heavy atom. The summed E-state index contributed by atoms with van der Waals surface area (Å²) in [5, 5.41) is 20.1. The zero-order chi connectivity index (χ0) is 11.3. The monoisotopic (exact) mass is 217 g/mol. The van der Waals surface area contributed by atoms with Crippen LogP contribution in [-0.2, 0) is 9.53 Å². The highest BCUT2D eigenvalue weighted by Gasteiger charge is 2.39. The number of rotatable bonds is 6. The maximum absolute atomic E-state index is 11.5. The molecule has 0 atom stereocenters. The maximum Gasteiger partial charge on any atom is 0.223 e. The van der Waals surface area contributed by atoms with Gasteiger partial charge >= 0.3 is 0 Å². The Bertz CT molecular complexity index is 206. The number of carbonyl (C=O) groups excluding carboxylic acids is 1. The van der Waals surface area contributed by atoms with Gasteiger partial charge in [0.2, 0.25) is 5.91 Å². The summed E-state index contributed by atoms with van der Waals surface area (Å²) < 4.78 is 5.31. The van der Waals surface area contributed by atoms with Gasteiger partial charge in [0.1, 0.15) is 0 Å². The number of ether oxygens (including phenoxy) is 1. The van der Waals surface area contributed by atoms with Gasteiger partial charge in [-0.2, -0.15) is 0 Å². The van der Waals surface area contributed by atoms with Crippen LogP contribution in [0.15, 0.2) is 0 Å². The second kappa shape index (κ2) is 5.44. The minimum absolute atomic E-state index is 0.176. The summed E-state index contributed by atoms with van der Waals surface area (Å²) in [4.78, 5) is 11.5. The molecule has 88 valence electrons. The quantitative estimate of drug-likeness (QED) is 0.556. The first-order valence-corrected chi connectivity index (χ1v) is 5.22. The molecule has 5 nitrogen and oxygen atoms in total. The summed E-state index contributed by atoms with van der Waals surface area (Å²) in [7, 11) is 1.61. The van der Waals surface area contributed by atoms with E-state index in [1.54, 1.807) is 7.11 Å². The molecular formula is C10H19NO4. The minimum Gasteiger partial charge on any atom is -0.394 e. The van der Waals surface area contributed by atoms with Crippen LogP contribution < -0.4 is 5.32 Å². The Kier molecular flexibility index (Phi) is 4.50. The zero-order valence-electron chi connectivity index (χ0n) is 9.03. The van der Waals surface area contributed by atoms with E-state index in [0.29, 0.717) is 6.42 Å². The molecule has 0 aromatic rings. The molecule has 0 saturated heterocycles. The summed E-state index contributed by atoms with van der Waals surface area (Å²) in [5.41, 5.74) is -0.306. The Balaban J connectivity index is 2.34. The van der Waals surface area contributed by atoms with Crippen LogP contribution in [0, 0.1) is 0 Å². The molecule has 0 aromatic carbocycles. The van der Waals surface area contributed by atoms with Gasteiger partial charge < -0.3 is 20.3 Å². The van der Waals surface area contributed by atoms with Gasteiger partial charge in [0.25, 0.3) is 0 Å². The number of aliphatic hydroxyl groups excluding tert-OH is 2. The fraction of sp³-hybridized carbons (Fsp3) is 0.900. The molecule has 1 amide bonds. The van der Waals surface area contributed by atoms with Crippen molar-refractivity contribution in [3.05, 3.63) is 0 Å². The SMILES string of the molecule is COC1(CC(=O)NC(CO)CO)CCC1. The lowest BCUT2D eigenvalue weighted by Gasteiger charge is -2.40. The molecule has 1 rings (SSSR count). The summed E-state index contributed by atoms with van der Waals surface area (Å²) in [6, 6.07) is -0.563. The van der Waals surface area contributed by atoms with Crippen LogP contribution in [-0.4, -0.2) is 48.1 Å². The largest absolute Gasteiger partial charge is 0.394 e. The smallest absolute Gasteiger partial charge is 0.223 e. The average molecular weight is 217 g/mol. The third-order valence-corrected chi connectivity index (χ3v) is 2.99.